The third kappa shape index (κ3) is 6.85. The number of pyridine rings is 2. The van der Waals surface area contributed by atoms with Gasteiger partial charge >= 0.3 is 0 Å². The van der Waals surface area contributed by atoms with Gasteiger partial charge in [0.05, 0.1) is 11.0 Å². The second-order valence-electron chi connectivity index (χ2n) is 11.5. The van der Waals surface area contributed by atoms with E-state index < -0.39 is 0 Å². The third-order valence-corrected chi connectivity index (χ3v) is 8.11. The van der Waals surface area contributed by atoms with E-state index in [1.54, 1.807) is 0 Å². The second kappa shape index (κ2) is 14.5. The maximum absolute atomic E-state index is 4.61. The van der Waals surface area contributed by atoms with Crippen molar-refractivity contribution in [3.63, 3.8) is 0 Å². The van der Waals surface area contributed by atoms with Crippen molar-refractivity contribution in [2.45, 2.75) is 19.8 Å². The largest absolute Gasteiger partial charge is 0.309 e. The zero-order valence-corrected chi connectivity index (χ0v) is 28.7. The summed E-state index contributed by atoms with van der Waals surface area (Å²) in [7, 11) is 0. The fraction of sp³-hybridized carbons (Fsp3) is 0.0698. The molecule has 3 heterocycles. The van der Waals surface area contributed by atoms with Crippen LogP contribution in [0.5, 0.6) is 0 Å². The number of aromatic nitrogens is 3. The topological polar surface area (TPSA) is 30.7 Å². The summed E-state index contributed by atoms with van der Waals surface area (Å²) in [6.45, 7) is 4.31. The molecule has 8 aromatic rings. The van der Waals surface area contributed by atoms with Gasteiger partial charge in [-0.1, -0.05) is 80.6 Å². The molecule has 1 radical (unpaired) electrons. The van der Waals surface area contributed by atoms with Crippen molar-refractivity contribution in [3.8, 4) is 39.3 Å². The van der Waals surface area contributed by atoms with E-state index in [-0.39, 0.29) is 20.1 Å². The molecule has 0 saturated heterocycles. The van der Waals surface area contributed by atoms with Crippen LogP contribution < -0.4 is 0 Å². The molecular formula is C43H33IrN3-2. The van der Waals surface area contributed by atoms with Crippen molar-refractivity contribution in [1.29, 1.82) is 0 Å². The van der Waals surface area contributed by atoms with E-state index in [0.717, 1.165) is 33.8 Å². The molecule has 47 heavy (non-hydrogen) atoms. The first-order valence-corrected chi connectivity index (χ1v) is 15.6. The van der Waals surface area contributed by atoms with Crippen molar-refractivity contribution in [3.05, 3.63) is 176 Å². The standard InChI is InChI=1S/C29H19N2.C14H14N.Ir/c1-2-11-24(12-3-1)31-28-15-5-4-13-25(28)26-20-22(16-17-29(26)31)21-9-8-10-23(19-21)27-14-6-7-18-30-27;1-11(2)13-9-6-10-14(15-13)12-7-4-3-5-8-12;/h1-9,11-20H;3-7,9-11H,1-2H3;/q2*-1;. The first kappa shape index (κ1) is 31.8. The first-order chi connectivity index (χ1) is 22.7. The zero-order valence-electron chi connectivity index (χ0n) is 26.3. The third-order valence-electron chi connectivity index (χ3n) is 8.11. The Labute approximate surface area is 290 Å². The van der Waals surface area contributed by atoms with Crippen LogP contribution in [0.25, 0.3) is 61.1 Å². The molecule has 0 atom stereocenters. The molecule has 8 rings (SSSR count). The summed E-state index contributed by atoms with van der Waals surface area (Å²) in [5.74, 6) is 0.466. The molecule has 3 nitrogen and oxygen atoms in total. The molecule has 0 saturated carbocycles. The molecule has 231 valence electrons. The monoisotopic (exact) mass is 784 g/mol. The van der Waals surface area contributed by atoms with Crippen LogP contribution in [-0.4, -0.2) is 14.5 Å². The number of fused-ring (bicyclic) bond motifs is 3. The van der Waals surface area contributed by atoms with Crippen molar-refractivity contribution < 1.29 is 20.1 Å². The van der Waals surface area contributed by atoms with E-state index in [9.17, 15) is 0 Å². The van der Waals surface area contributed by atoms with Crippen LogP contribution in [0, 0.1) is 12.1 Å². The van der Waals surface area contributed by atoms with E-state index >= 15 is 0 Å². The Morgan fingerprint density at radius 2 is 1.28 bits per heavy atom. The Bertz CT molecular complexity index is 2220. The SMILES string of the molecule is CC(C)c1cccc(-c2[c-]cccc2)n1.[Ir].[c-]1ccc(-c2ccc3c(c2)c2ccccc2n3-c2ccccc2)cc1-c1ccccn1. The van der Waals surface area contributed by atoms with Crippen molar-refractivity contribution in [1.82, 2.24) is 14.5 Å². The van der Waals surface area contributed by atoms with Crippen LogP contribution in [0.1, 0.15) is 25.5 Å². The molecule has 0 bridgehead atoms. The van der Waals surface area contributed by atoms with E-state index in [1.807, 2.05) is 60.8 Å². The van der Waals surface area contributed by atoms with E-state index in [0.29, 0.717) is 5.92 Å². The number of nitrogens with zero attached hydrogens (tertiary/aromatic N) is 3. The van der Waals surface area contributed by atoms with Gasteiger partial charge in [0.1, 0.15) is 0 Å². The predicted octanol–water partition coefficient (Wildman–Crippen LogP) is 11.0. The number of para-hydroxylation sites is 2. The summed E-state index contributed by atoms with van der Waals surface area (Å²) in [4.78, 5) is 9.09. The Hall–Kier alpha value is -5.15. The zero-order chi connectivity index (χ0) is 31.3. The average molecular weight is 784 g/mol. The molecular weight excluding hydrogens is 751 g/mol. The second-order valence-corrected chi connectivity index (χ2v) is 11.5. The number of benzene rings is 5. The Morgan fingerprint density at radius 3 is 2.06 bits per heavy atom. The number of rotatable bonds is 5. The minimum atomic E-state index is 0. The Morgan fingerprint density at radius 1 is 0.553 bits per heavy atom. The molecule has 4 heteroatoms. The summed E-state index contributed by atoms with van der Waals surface area (Å²) >= 11 is 0. The smallest absolute Gasteiger partial charge is 0.0541 e. The number of hydrogen-bond donors (Lipinski definition) is 0. The minimum Gasteiger partial charge on any atom is -0.309 e. The normalized spacial score (nSPS) is 10.8. The molecule has 0 amide bonds. The van der Waals surface area contributed by atoms with Crippen molar-refractivity contribution >= 4 is 21.8 Å². The summed E-state index contributed by atoms with van der Waals surface area (Å²) in [6.07, 6.45) is 1.82. The number of hydrogen-bond acceptors (Lipinski definition) is 2. The van der Waals surface area contributed by atoms with Crippen LogP contribution in [0.3, 0.4) is 0 Å². The van der Waals surface area contributed by atoms with E-state index in [4.69, 9.17) is 0 Å². The fourth-order valence-electron chi connectivity index (χ4n) is 5.80. The van der Waals surface area contributed by atoms with E-state index in [2.05, 4.69) is 138 Å². The average Bonchev–Trinajstić information content (AvgIpc) is 3.47. The molecule has 0 aliphatic rings. The summed E-state index contributed by atoms with van der Waals surface area (Å²) in [5.41, 5.74) is 11.1. The van der Waals surface area contributed by atoms with Gasteiger partial charge in [0.25, 0.3) is 0 Å². The summed E-state index contributed by atoms with van der Waals surface area (Å²) in [6, 6.07) is 58.7. The Kier molecular flexibility index (Phi) is 9.83. The van der Waals surface area contributed by atoms with E-state index in [1.165, 1.54) is 33.1 Å². The summed E-state index contributed by atoms with van der Waals surface area (Å²) in [5, 5.41) is 2.51. The van der Waals surface area contributed by atoms with Crippen LogP contribution in [-0.2, 0) is 20.1 Å². The first-order valence-electron chi connectivity index (χ1n) is 15.6. The van der Waals surface area contributed by atoms with Gasteiger partial charge in [0, 0.05) is 48.5 Å². The maximum atomic E-state index is 4.61. The molecule has 0 aliphatic carbocycles. The summed E-state index contributed by atoms with van der Waals surface area (Å²) < 4.78 is 2.34. The molecule has 5 aromatic carbocycles. The van der Waals surface area contributed by atoms with Crippen molar-refractivity contribution in [2.24, 2.45) is 0 Å². The van der Waals surface area contributed by atoms with Gasteiger partial charge in [-0.3, -0.25) is 0 Å². The molecule has 0 N–H and O–H groups in total. The van der Waals surface area contributed by atoms with Crippen LogP contribution in [0.2, 0.25) is 0 Å². The molecule has 0 unspecified atom stereocenters. The van der Waals surface area contributed by atoms with Crippen LogP contribution in [0.4, 0.5) is 0 Å². The predicted molar refractivity (Wildman–Crippen MR) is 191 cm³/mol. The fourth-order valence-corrected chi connectivity index (χ4v) is 5.80. The van der Waals surface area contributed by atoms with Crippen LogP contribution >= 0.6 is 0 Å². The van der Waals surface area contributed by atoms with Gasteiger partial charge in [-0.25, -0.2) is 0 Å². The van der Waals surface area contributed by atoms with Gasteiger partial charge in [0.15, 0.2) is 0 Å². The van der Waals surface area contributed by atoms with Gasteiger partial charge in [-0.15, -0.1) is 71.3 Å². The van der Waals surface area contributed by atoms with Gasteiger partial charge in [0.2, 0.25) is 0 Å². The molecule has 0 fully saturated rings. The Balaban J connectivity index is 0.000000204. The minimum absolute atomic E-state index is 0. The van der Waals surface area contributed by atoms with Crippen LogP contribution in [0.15, 0.2) is 158 Å². The van der Waals surface area contributed by atoms with Gasteiger partial charge in [-0.2, -0.15) is 0 Å². The molecule has 3 aromatic heterocycles. The van der Waals surface area contributed by atoms with Gasteiger partial charge in [-0.05, 0) is 65.3 Å². The van der Waals surface area contributed by atoms with Gasteiger partial charge < -0.3 is 14.5 Å². The molecule has 0 aliphatic heterocycles. The van der Waals surface area contributed by atoms with Crippen molar-refractivity contribution in [2.75, 3.05) is 0 Å². The quantitative estimate of drug-likeness (QED) is 0.163. The maximum Gasteiger partial charge on any atom is 0.0541 e. The molecule has 0 spiro atoms.